The molecule has 0 radical (unpaired) electrons. The number of hydrogen-bond acceptors (Lipinski definition) is 5. The largest absolute Gasteiger partial charge is 0.497 e. The molecular weight excluding hydrogens is 262 g/mol. The smallest absolute Gasteiger partial charge is 0.291 e. The Hall–Kier alpha value is -2.21. The molecule has 0 saturated carbocycles. The van der Waals surface area contributed by atoms with Gasteiger partial charge in [0.05, 0.1) is 16.8 Å². The Bertz CT molecular complexity index is 807. The average Bonchev–Trinajstić information content (AvgIpc) is 2.82. The van der Waals surface area contributed by atoms with Gasteiger partial charge in [0.25, 0.3) is 5.56 Å². The highest BCUT2D eigenvalue weighted by atomic mass is 32.1. The predicted octanol–water partition coefficient (Wildman–Crippen LogP) is 2.36. The second-order valence-corrected chi connectivity index (χ2v) is 5.25. The number of aryl methyl sites for hydroxylation is 1. The van der Waals surface area contributed by atoms with E-state index < -0.39 is 0 Å². The molecule has 3 aromatic rings. The molecule has 2 aromatic heterocycles. The van der Waals surface area contributed by atoms with Crippen molar-refractivity contribution in [1.29, 1.82) is 0 Å². The molecule has 0 fully saturated rings. The molecule has 0 bridgehead atoms. The zero-order chi connectivity index (χ0) is 13.4. The Labute approximate surface area is 112 Å². The minimum atomic E-state index is -0.258. The van der Waals surface area contributed by atoms with Crippen molar-refractivity contribution >= 4 is 21.6 Å². The zero-order valence-corrected chi connectivity index (χ0v) is 11.2. The van der Waals surface area contributed by atoms with E-state index in [2.05, 4.69) is 15.2 Å². The molecule has 19 heavy (non-hydrogen) atoms. The van der Waals surface area contributed by atoms with Crippen LogP contribution >= 0.6 is 11.3 Å². The lowest BCUT2D eigenvalue weighted by Gasteiger charge is -2.04. The van der Waals surface area contributed by atoms with Crippen molar-refractivity contribution in [3.63, 3.8) is 0 Å². The van der Waals surface area contributed by atoms with Crippen molar-refractivity contribution in [3.05, 3.63) is 39.6 Å². The third kappa shape index (κ3) is 2.00. The van der Waals surface area contributed by atoms with Crippen LogP contribution in [0.4, 0.5) is 0 Å². The highest BCUT2D eigenvalue weighted by molar-refractivity contribution is 7.19. The minimum Gasteiger partial charge on any atom is -0.497 e. The van der Waals surface area contributed by atoms with E-state index >= 15 is 0 Å². The highest BCUT2D eigenvalue weighted by Crippen LogP contribution is 2.30. The van der Waals surface area contributed by atoms with E-state index in [1.807, 2.05) is 31.2 Å². The number of hydrogen-bond donors (Lipinski definition) is 1. The average molecular weight is 273 g/mol. The number of benzene rings is 1. The maximum atomic E-state index is 11.7. The predicted molar refractivity (Wildman–Crippen MR) is 74.8 cm³/mol. The molecule has 3 rings (SSSR count). The minimum absolute atomic E-state index is 0.258. The Morgan fingerprint density at radius 2 is 2.21 bits per heavy atom. The van der Waals surface area contributed by atoms with Crippen molar-refractivity contribution in [3.8, 4) is 17.0 Å². The molecule has 0 aliphatic rings. The van der Waals surface area contributed by atoms with Gasteiger partial charge in [-0.05, 0) is 19.1 Å². The second-order valence-electron chi connectivity index (χ2n) is 4.04. The molecule has 6 heteroatoms. The maximum absolute atomic E-state index is 11.7. The standard InChI is InChI=1S/C13H11N3O2S/c1-7-14-11-12(19-7)10(15-16-13(11)17)8-4-3-5-9(6-8)18-2/h3-6H,1-2H3,(H,16,17). The fourth-order valence-electron chi connectivity index (χ4n) is 1.92. The summed E-state index contributed by atoms with van der Waals surface area (Å²) in [5.41, 5.74) is 1.80. The van der Waals surface area contributed by atoms with E-state index in [-0.39, 0.29) is 5.56 Å². The quantitative estimate of drug-likeness (QED) is 0.778. The summed E-state index contributed by atoms with van der Waals surface area (Å²) in [6.45, 7) is 1.87. The molecule has 0 aliphatic carbocycles. The second kappa shape index (κ2) is 4.47. The maximum Gasteiger partial charge on any atom is 0.291 e. The van der Waals surface area contributed by atoms with Gasteiger partial charge in [0, 0.05) is 5.56 Å². The number of rotatable bonds is 2. The number of methoxy groups -OCH3 is 1. The topological polar surface area (TPSA) is 67.9 Å². The van der Waals surface area contributed by atoms with Gasteiger partial charge in [-0.25, -0.2) is 10.1 Å². The lowest BCUT2D eigenvalue weighted by molar-refractivity contribution is 0.415. The van der Waals surface area contributed by atoms with E-state index in [0.717, 1.165) is 26.7 Å². The van der Waals surface area contributed by atoms with Crippen molar-refractivity contribution < 1.29 is 4.74 Å². The van der Waals surface area contributed by atoms with Crippen LogP contribution in [0.5, 0.6) is 5.75 Å². The number of H-pyrrole nitrogens is 1. The summed E-state index contributed by atoms with van der Waals surface area (Å²) in [4.78, 5) is 15.9. The first-order valence-corrected chi connectivity index (χ1v) is 6.51. The molecule has 0 atom stereocenters. The molecule has 5 nitrogen and oxygen atoms in total. The fraction of sp³-hybridized carbons (Fsp3) is 0.154. The third-order valence-corrected chi connectivity index (χ3v) is 3.75. The van der Waals surface area contributed by atoms with Crippen molar-refractivity contribution in [2.45, 2.75) is 6.92 Å². The summed E-state index contributed by atoms with van der Waals surface area (Å²) in [7, 11) is 1.62. The Morgan fingerprint density at radius 1 is 1.37 bits per heavy atom. The van der Waals surface area contributed by atoms with Gasteiger partial charge in [0.1, 0.15) is 11.4 Å². The lowest BCUT2D eigenvalue weighted by atomic mass is 10.1. The number of nitrogens with zero attached hydrogens (tertiary/aromatic N) is 2. The van der Waals surface area contributed by atoms with Gasteiger partial charge in [-0.3, -0.25) is 4.79 Å². The van der Waals surface area contributed by atoms with E-state index in [9.17, 15) is 4.79 Å². The highest BCUT2D eigenvalue weighted by Gasteiger charge is 2.13. The van der Waals surface area contributed by atoms with Gasteiger partial charge >= 0.3 is 0 Å². The molecule has 0 amide bonds. The van der Waals surface area contributed by atoms with Crippen LogP contribution in [-0.4, -0.2) is 22.3 Å². The summed E-state index contributed by atoms with van der Waals surface area (Å²) < 4.78 is 6.01. The van der Waals surface area contributed by atoms with Gasteiger partial charge in [0.15, 0.2) is 5.52 Å². The normalized spacial score (nSPS) is 10.8. The van der Waals surface area contributed by atoms with E-state index in [4.69, 9.17) is 4.74 Å². The number of thiazole rings is 1. The Balaban J connectivity index is 2.30. The van der Waals surface area contributed by atoms with Crippen molar-refractivity contribution in [1.82, 2.24) is 15.2 Å². The first-order chi connectivity index (χ1) is 9.19. The molecule has 1 N–H and O–H groups in total. The van der Waals surface area contributed by atoms with E-state index in [1.165, 1.54) is 11.3 Å². The first-order valence-electron chi connectivity index (χ1n) is 5.69. The van der Waals surface area contributed by atoms with Crippen LogP contribution in [0.2, 0.25) is 0 Å². The van der Waals surface area contributed by atoms with Crippen LogP contribution < -0.4 is 10.3 Å². The fourth-order valence-corrected chi connectivity index (χ4v) is 2.85. The van der Waals surface area contributed by atoms with Crippen LogP contribution in [0.3, 0.4) is 0 Å². The SMILES string of the molecule is COc1cccc(-c2n[nH]c(=O)c3nc(C)sc23)c1. The number of ether oxygens (including phenoxy) is 1. The number of fused-ring (bicyclic) bond motifs is 1. The lowest BCUT2D eigenvalue weighted by Crippen LogP contribution is -2.09. The van der Waals surface area contributed by atoms with E-state index in [0.29, 0.717) is 5.52 Å². The van der Waals surface area contributed by atoms with Crippen LogP contribution in [0, 0.1) is 6.92 Å². The summed E-state index contributed by atoms with van der Waals surface area (Å²) in [5, 5.41) is 7.48. The van der Waals surface area contributed by atoms with Crippen LogP contribution in [0.1, 0.15) is 5.01 Å². The summed E-state index contributed by atoms with van der Waals surface area (Å²) >= 11 is 1.47. The van der Waals surface area contributed by atoms with Crippen LogP contribution in [0.15, 0.2) is 29.1 Å². The number of aromatic nitrogens is 3. The number of aromatic amines is 1. The van der Waals surface area contributed by atoms with Crippen molar-refractivity contribution in [2.24, 2.45) is 0 Å². The van der Waals surface area contributed by atoms with Crippen LogP contribution in [0.25, 0.3) is 21.5 Å². The third-order valence-electron chi connectivity index (χ3n) is 2.78. The molecule has 96 valence electrons. The van der Waals surface area contributed by atoms with Gasteiger partial charge < -0.3 is 4.74 Å². The van der Waals surface area contributed by atoms with Gasteiger partial charge in [0.2, 0.25) is 0 Å². The molecule has 1 aromatic carbocycles. The molecular formula is C13H11N3O2S. The molecule has 0 spiro atoms. The summed E-state index contributed by atoms with van der Waals surface area (Å²) in [6.07, 6.45) is 0. The number of nitrogens with one attached hydrogen (secondary N) is 1. The summed E-state index contributed by atoms with van der Waals surface area (Å²) in [5.74, 6) is 0.750. The van der Waals surface area contributed by atoms with Gasteiger partial charge in [-0.15, -0.1) is 11.3 Å². The monoisotopic (exact) mass is 273 g/mol. The zero-order valence-electron chi connectivity index (χ0n) is 10.4. The Morgan fingerprint density at radius 3 is 3.00 bits per heavy atom. The van der Waals surface area contributed by atoms with E-state index in [1.54, 1.807) is 7.11 Å². The van der Waals surface area contributed by atoms with Crippen molar-refractivity contribution in [2.75, 3.05) is 7.11 Å². The molecule has 2 heterocycles. The van der Waals surface area contributed by atoms with Gasteiger partial charge in [-0.2, -0.15) is 5.10 Å². The Kier molecular flexibility index (Phi) is 2.79. The summed E-state index contributed by atoms with van der Waals surface area (Å²) in [6, 6.07) is 7.57. The van der Waals surface area contributed by atoms with Gasteiger partial charge in [-0.1, -0.05) is 12.1 Å². The molecule has 0 unspecified atom stereocenters. The molecule has 0 aliphatic heterocycles. The van der Waals surface area contributed by atoms with Crippen LogP contribution in [-0.2, 0) is 0 Å². The molecule has 0 saturated heterocycles. The first kappa shape index (κ1) is 11.9.